The number of carbonyl (C=O) groups is 3. The van der Waals surface area contributed by atoms with Gasteiger partial charge in [-0.15, -0.1) is 0 Å². The van der Waals surface area contributed by atoms with Crippen LogP contribution in [0.2, 0.25) is 0 Å². The molecule has 0 aliphatic carbocycles. The fraction of sp³-hybridized carbons (Fsp3) is 0.526. The maximum absolute atomic E-state index is 13.2. The summed E-state index contributed by atoms with van der Waals surface area (Å²) in [6, 6.07) is 7.13. The van der Waals surface area contributed by atoms with Gasteiger partial charge < -0.3 is 10.1 Å². The van der Waals surface area contributed by atoms with Crippen molar-refractivity contribution in [3.8, 4) is 0 Å². The van der Waals surface area contributed by atoms with Crippen molar-refractivity contribution in [3.05, 3.63) is 29.8 Å². The van der Waals surface area contributed by atoms with Crippen molar-refractivity contribution in [2.24, 2.45) is 17.8 Å². The van der Waals surface area contributed by atoms with Crippen molar-refractivity contribution >= 4 is 23.4 Å². The van der Waals surface area contributed by atoms with Crippen LogP contribution in [0.5, 0.6) is 0 Å². The van der Waals surface area contributed by atoms with Crippen LogP contribution in [0.15, 0.2) is 24.3 Å². The smallest absolute Gasteiger partial charge is 0.250 e. The third-order valence-electron chi connectivity index (χ3n) is 5.89. The number of benzene rings is 1. The van der Waals surface area contributed by atoms with Crippen LogP contribution in [0.3, 0.4) is 0 Å². The monoisotopic (exact) mass is 357 g/mol. The third kappa shape index (κ3) is 2.04. The lowest BCUT2D eigenvalue weighted by molar-refractivity contribution is -0.143. The molecule has 3 amide bonds. The molecule has 4 atom stereocenters. The lowest BCUT2D eigenvalue weighted by Crippen LogP contribution is -2.54. The van der Waals surface area contributed by atoms with Crippen LogP contribution in [-0.2, 0) is 24.7 Å². The van der Waals surface area contributed by atoms with E-state index in [1.165, 1.54) is 12.0 Å². The van der Waals surface area contributed by atoms with E-state index >= 15 is 0 Å². The predicted octanol–water partition coefficient (Wildman–Crippen LogP) is 0.709. The molecule has 2 N–H and O–H groups in total. The lowest BCUT2D eigenvalue weighted by Gasteiger charge is -2.30. The molecule has 7 nitrogen and oxygen atoms in total. The summed E-state index contributed by atoms with van der Waals surface area (Å²) >= 11 is 0. The zero-order valence-corrected chi connectivity index (χ0v) is 15.1. The minimum Gasteiger partial charge on any atom is -0.383 e. The first-order valence-electron chi connectivity index (χ1n) is 8.96. The van der Waals surface area contributed by atoms with Crippen molar-refractivity contribution in [2.75, 3.05) is 25.6 Å². The molecule has 1 aromatic rings. The fourth-order valence-corrected chi connectivity index (χ4v) is 4.73. The number of anilines is 1. The van der Waals surface area contributed by atoms with Crippen LogP contribution >= 0.6 is 0 Å². The van der Waals surface area contributed by atoms with Crippen LogP contribution in [-0.4, -0.2) is 48.9 Å². The highest BCUT2D eigenvalue weighted by molar-refractivity contribution is 6.15. The maximum Gasteiger partial charge on any atom is 0.250 e. The highest BCUT2D eigenvalue weighted by Crippen LogP contribution is 2.53. The van der Waals surface area contributed by atoms with E-state index in [4.69, 9.17) is 4.74 Å². The van der Waals surface area contributed by atoms with Gasteiger partial charge in [0.1, 0.15) is 5.54 Å². The van der Waals surface area contributed by atoms with Crippen LogP contribution in [0.4, 0.5) is 5.69 Å². The number of amides is 3. The van der Waals surface area contributed by atoms with Crippen LogP contribution < -0.4 is 10.6 Å². The molecule has 1 spiro atoms. The molecule has 138 valence electrons. The Hall–Kier alpha value is -2.25. The van der Waals surface area contributed by atoms with E-state index < -0.39 is 17.4 Å². The van der Waals surface area contributed by atoms with Gasteiger partial charge >= 0.3 is 0 Å². The number of nitrogens with zero attached hydrogens (tertiary/aromatic N) is 1. The van der Waals surface area contributed by atoms with Crippen LogP contribution in [0.1, 0.15) is 19.4 Å². The zero-order valence-electron chi connectivity index (χ0n) is 15.1. The van der Waals surface area contributed by atoms with Crippen molar-refractivity contribution < 1.29 is 19.1 Å². The molecule has 3 aliphatic heterocycles. The minimum atomic E-state index is -1.19. The molecule has 0 unspecified atom stereocenters. The number of hydrogen-bond donors (Lipinski definition) is 2. The number of ether oxygens (including phenoxy) is 1. The Morgan fingerprint density at radius 3 is 2.62 bits per heavy atom. The summed E-state index contributed by atoms with van der Waals surface area (Å²) in [6.45, 7) is 4.50. The van der Waals surface area contributed by atoms with Gasteiger partial charge in [-0.3, -0.25) is 24.6 Å². The Balaban J connectivity index is 1.85. The molecular weight excluding hydrogens is 334 g/mol. The standard InChI is InChI=1S/C19H23N3O4/c1-10(2)15-13-14(17(24)22(16(13)23)8-9-26-3)19(21-15)11-6-4-5-7-12(11)20-18(19)25/h4-7,10,13-15,21H,8-9H2,1-3H3,(H,20,25)/t13-,14-,15-,19-/m0/s1. The number of imide groups is 1. The normalized spacial score (nSPS) is 32.5. The number of para-hydroxylation sites is 1. The number of hydrogen-bond acceptors (Lipinski definition) is 5. The van der Waals surface area contributed by atoms with Crippen LogP contribution in [0, 0.1) is 17.8 Å². The topological polar surface area (TPSA) is 87.7 Å². The third-order valence-corrected chi connectivity index (χ3v) is 5.89. The van der Waals surface area contributed by atoms with E-state index in [0.717, 1.165) is 5.56 Å². The van der Waals surface area contributed by atoms with Gasteiger partial charge in [-0.2, -0.15) is 0 Å². The molecule has 0 radical (unpaired) electrons. The summed E-state index contributed by atoms with van der Waals surface area (Å²) in [5.41, 5.74) is 0.256. The SMILES string of the molecule is COCCN1C(=O)[C@H]2[C@@H](C1=O)[C@]1(N[C@H]2C(C)C)C(=O)Nc2ccccc21. The average Bonchev–Trinajstić information content (AvgIpc) is 3.20. The molecule has 0 aromatic heterocycles. The van der Waals surface area contributed by atoms with E-state index in [-0.39, 0.29) is 42.8 Å². The summed E-state index contributed by atoms with van der Waals surface area (Å²) in [4.78, 5) is 40.6. The first-order chi connectivity index (χ1) is 12.4. The molecule has 2 fully saturated rings. The number of rotatable bonds is 4. The molecule has 0 saturated carbocycles. The fourth-order valence-electron chi connectivity index (χ4n) is 4.73. The molecule has 2 saturated heterocycles. The van der Waals surface area contributed by atoms with Crippen molar-refractivity contribution in [1.29, 1.82) is 0 Å². The molecule has 1 aromatic carbocycles. The minimum absolute atomic E-state index is 0.0987. The summed E-state index contributed by atoms with van der Waals surface area (Å²) in [7, 11) is 1.53. The number of carbonyl (C=O) groups excluding carboxylic acids is 3. The molecule has 4 rings (SSSR count). The van der Waals surface area contributed by atoms with Gasteiger partial charge in [-0.05, 0) is 12.0 Å². The number of likely N-dealkylation sites (tertiary alicyclic amines) is 1. The van der Waals surface area contributed by atoms with Gasteiger partial charge in [0.05, 0.1) is 25.0 Å². The van der Waals surface area contributed by atoms with Gasteiger partial charge in [0.25, 0.3) is 0 Å². The second kappa shape index (κ2) is 5.89. The molecule has 26 heavy (non-hydrogen) atoms. The molecule has 3 heterocycles. The van der Waals surface area contributed by atoms with E-state index in [9.17, 15) is 14.4 Å². The predicted molar refractivity (Wildman–Crippen MR) is 94.1 cm³/mol. The Morgan fingerprint density at radius 2 is 1.92 bits per heavy atom. The number of nitrogens with one attached hydrogen (secondary N) is 2. The Kier molecular flexibility index (Phi) is 3.89. The van der Waals surface area contributed by atoms with Gasteiger partial charge in [0, 0.05) is 24.4 Å². The first-order valence-corrected chi connectivity index (χ1v) is 8.96. The quantitative estimate of drug-likeness (QED) is 0.775. The Bertz CT molecular complexity index is 793. The van der Waals surface area contributed by atoms with Crippen LogP contribution in [0.25, 0.3) is 0 Å². The van der Waals surface area contributed by atoms with E-state index in [2.05, 4.69) is 10.6 Å². The molecule has 7 heteroatoms. The van der Waals surface area contributed by atoms with Gasteiger partial charge in [0.15, 0.2) is 0 Å². The molecular formula is C19H23N3O4. The maximum atomic E-state index is 13.2. The van der Waals surface area contributed by atoms with Gasteiger partial charge in [-0.25, -0.2) is 0 Å². The van der Waals surface area contributed by atoms with E-state index in [1.54, 1.807) is 0 Å². The zero-order chi connectivity index (χ0) is 18.6. The van der Waals surface area contributed by atoms with Crippen molar-refractivity contribution in [1.82, 2.24) is 10.2 Å². The molecule has 0 bridgehead atoms. The Morgan fingerprint density at radius 1 is 1.19 bits per heavy atom. The summed E-state index contributed by atoms with van der Waals surface area (Å²) < 4.78 is 5.05. The van der Waals surface area contributed by atoms with E-state index in [1.807, 2.05) is 38.1 Å². The van der Waals surface area contributed by atoms with Crippen molar-refractivity contribution in [2.45, 2.75) is 25.4 Å². The largest absolute Gasteiger partial charge is 0.383 e. The summed E-state index contributed by atoms with van der Waals surface area (Å²) in [5, 5.41) is 6.29. The second-order valence-corrected chi connectivity index (χ2v) is 7.55. The summed E-state index contributed by atoms with van der Waals surface area (Å²) in [6.07, 6.45) is 0. The second-order valence-electron chi connectivity index (χ2n) is 7.55. The molecule has 3 aliphatic rings. The average molecular weight is 357 g/mol. The summed E-state index contributed by atoms with van der Waals surface area (Å²) in [5.74, 6) is -1.94. The highest BCUT2D eigenvalue weighted by Gasteiger charge is 2.70. The van der Waals surface area contributed by atoms with Gasteiger partial charge in [0.2, 0.25) is 17.7 Å². The lowest BCUT2D eigenvalue weighted by atomic mass is 9.76. The van der Waals surface area contributed by atoms with E-state index in [0.29, 0.717) is 5.69 Å². The first kappa shape index (κ1) is 17.2. The number of fused-ring (bicyclic) bond motifs is 4. The number of methoxy groups -OCH3 is 1. The highest BCUT2D eigenvalue weighted by atomic mass is 16.5. The van der Waals surface area contributed by atoms with Crippen molar-refractivity contribution in [3.63, 3.8) is 0 Å². The Labute approximate surface area is 152 Å². The van der Waals surface area contributed by atoms with Gasteiger partial charge in [-0.1, -0.05) is 32.0 Å².